The number of anilines is 1. The topological polar surface area (TPSA) is 85.3 Å². The van der Waals surface area contributed by atoms with Crippen LogP contribution in [0.1, 0.15) is 41.6 Å². The van der Waals surface area contributed by atoms with E-state index in [9.17, 15) is 17.6 Å². The van der Waals surface area contributed by atoms with E-state index in [0.29, 0.717) is 35.8 Å². The van der Waals surface area contributed by atoms with E-state index < -0.39 is 21.8 Å². The van der Waals surface area contributed by atoms with Gasteiger partial charge in [-0.05, 0) is 49.2 Å². The van der Waals surface area contributed by atoms with Gasteiger partial charge in [0.25, 0.3) is 10.0 Å². The zero-order chi connectivity index (χ0) is 21.3. The van der Waals surface area contributed by atoms with Crippen LogP contribution in [0.15, 0.2) is 45.7 Å². The first-order valence-corrected chi connectivity index (χ1v) is 11.1. The monoisotopic (exact) mass is 432 g/mol. The third-order valence-electron chi connectivity index (χ3n) is 5.18. The van der Waals surface area contributed by atoms with Gasteiger partial charge < -0.3 is 14.4 Å². The standard InChI is InChI=1S/C21H21FN2O5S/c1-28-18-9-7-16(22)11-15(18)13-29-21(25)14-6-8-17-19(12-14)30(26,27)23-20-5-3-2-4-10-24(17)20/h6-9,11-12H,2-5,10,13H2,1H3. The molecule has 30 heavy (non-hydrogen) atoms. The highest BCUT2D eigenvalue weighted by Gasteiger charge is 2.32. The molecule has 1 fully saturated rings. The molecule has 0 saturated carbocycles. The SMILES string of the molecule is COc1ccc(F)cc1COC(=O)c1ccc2c(c1)S(=O)(=O)N=C1CCCCCN12. The van der Waals surface area contributed by atoms with Gasteiger partial charge in [0.15, 0.2) is 0 Å². The Morgan fingerprint density at radius 1 is 1.17 bits per heavy atom. The Labute approximate surface area is 174 Å². The molecule has 158 valence electrons. The third-order valence-corrected chi connectivity index (χ3v) is 6.52. The number of methoxy groups -OCH3 is 1. The predicted octanol–water partition coefficient (Wildman–Crippen LogP) is 3.67. The summed E-state index contributed by atoms with van der Waals surface area (Å²) < 4.78 is 53.3. The van der Waals surface area contributed by atoms with E-state index in [4.69, 9.17) is 9.47 Å². The zero-order valence-electron chi connectivity index (χ0n) is 16.4. The molecule has 0 N–H and O–H groups in total. The Balaban J connectivity index is 1.59. The van der Waals surface area contributed by atoms with Gasteiger partial charge in [0.1, 0.15) is 28.9 Å². The van der Waals surface area contributed by atoms with Crippen molar-refractivity contribution in [1.29, 1.82) is 0 Å². The number of carbonyl (C=O) groups excluding carboxylic acids is 1. The summed E-state index contributed by atoms with van der Waals surface area (Å²) in [6.07, 6.45) is 3.46. The van der Waals surface area contributed by atoms with Gasteiger partial charge in [-0.3, -0.25) is 0 Å². The number of hydrogen-bond acceptors (Lipinski definition) is 6. The molecule has 1 saturated heterocycles. The number of amidine groups is 1. The third kappa shape index (κ3) is 3.89. The number of ether oxygens (including phenoxy) is 2. The van der Waals surface area contributed by atoms with E-state index in [2.05, 4.69) is 4.40 Å². The maximum absolute atomic E-state index is 13.5. The summed E-state index contributed by atoms with van der Waals surface area (Å²) in [5.74, 6) is -0.258. The minimum absolute atomic E-state index is 0.00839. The first kappa shape index (κ1) is 20.3. The second kappa shape index (κ2) is 8.06. The van der Waals surface area contributed by atoms with Gasteiger partial charge >= 0.3 is 5.97 Å². The number of esters is 1. The highest BCUT2D eigenvalue weighted by Crippen LogP contribution is 2.35. The van der Waals surface area contributed by atoms with Crippen molar-refractivity contribution >= 4 is 27.5 Å². The van der Waals surface area contributed by atoms with E-state index in [1.54, 1.807) is 6.07 Å². The second-order valence-electron chi connectivity index (χ2n) is 7.16. The molecule has 0 atom stereocenters. The number of carbonyl (C=O) groups is 1. The Bertz CT molecular complexity index is 1130. The minimum Gasteiger partial charge on any atom is -0.496 e. The number of benzene rings is 2. The van der Waals surface area contributed by atoms with Crippen LogP contribution < -0.4 is 9.64 Å². The van der Waals surface area contributed by atoms with Crippen LogP contribution in [0.4, 0.5) is 10.1 Å². The number of rotatable bonds is 4. The van der Waals surface area contributed by atoms with E-state index in [1.165, 1.54) is 37.4 Å². The van der Waals surface area contributed by atoms with Crippen LogP contribution in [0, 0.1) is 5.82 Å². The molecule has 0 aliphatic carbocycles. The van der Waals surface area contributed by atoms with Crippen molar-refractivity contribution in [3.05, 3.63) is 53.3 Å². The molecule has 2 aliphatic rings. The molecule has 7 nitrogen and oxygen atoms in total. The van der Waals surface area contributed by atoms with Crippen molar-refractivity contribution in [3.63, 3.8) is 0 Å². The lowest BCUT2D eigenvalue weighted by Gasteiger charge is -2.29. The molecule has 4 rings (SSSR count). The molecule has 2 heterocycles. The summed E-state index contributed by atoms with van der Waals surface area (Å²) in [4.78, 5) is 14.4. The molecule has 2 aliphatic heterocycles. The van der Waals surface area contributed by atoms with Crippen LogP contribution in [0.25, 0.3) is 0 Å². The fraction of sp³-hybridized carbons (Fsp3) is 0.333. The molecule has 0 aromatic heterocycles. The first-order valence-electron chi connectivity index (χ1n) is 9.64. The molecule has 9 heteroatoms. The number of halogens is 1. The highest BCUT2D eigenvalue weighted by molar-refractivity contribution is 7.90. The average molecular weight is 432 g/mol. The Morgan fingerprint density at radius 3 is 2.80 bits per heavy atom. The van der Waals surface area contributed by atoms with Gasteiger partial charge in [-0.15, -0.1) is 4.40 Å². The molecule has 0 radical (unpaired) electrons. The summed E-state index contributed by atoms with van der Waals surface area (Å²) in [7, 11) is -2.46. The van der Waals surface area contributed by atoms with E-state index in [0.717, 1.165) is 19.3 Å². The van der Waals surface area contributed by atoms with Crippen LogP contribution in [-0.2, 0) is 21.4 Å². The maximum atomic E-state index is 13.5. The van der Waals surface area contributed by atoms with Crippen LogP contribution in [0.5, 0.6) is 5.75 Å². The van der Waals surface area contributed by atoms with Gasteiger partial charge in [-0.25, -0.2) is 9.18 Å². The number of fused-ring (bicyclic) bond motifs is 3. The van der Waals surface area contributed by atoms with Crippen LogP contribution >= 0.6 is 0 Å². The molecule has 0 bridgehead atoms. The molecule has 2 aromatic carbocycles. The summed E-state index contributed by atoms with van der Waals surface area (Å²) in [6.45, 7) is 0.475. The molecule has 2 aromatic rings. The first-order chi connectivity index (χ1) is 14.4. The second-order valence-corrected chi connectivity index (χ2v) is 8.73. The number of nitrogens with zero attached hydrogens (tertiary/aromatic N) is 2. The van der Waals surface area contributed by atoms with E-state index in [1.807, 2.05) is 4.90 Å². The van der Waals surface area contributed by atoms with Crippen molar-refractivity contribution in [1.82, 2.24) is 0 Å². The average Bonchev–Trinajstić information content (AvgIpc) is 2.96. The Morgan fingerprint density at radius 2 is 2.00 bits per heavy atom. The lowest BCUT2D eigenvalue weighted by molar-refractivity contribution is 0.0469. The predicted molar refractivity (Wildman–Crippen MR) is 109 cm³/mol. The summed E-state index contributed by atoms with van der Waals surface area (Å²) >= 11 is 0. The quantitative estimate of drug-likeness (QED) is 0.686. The fourth-order valence-electron chi connectivity index (χ4n) is 3.69. The van der Waals surface area contributed by atoms with Gasteiger partial charge in [0.05, 0.1) is 18.4 Å². The minimum atomic E-state index is -3.90. The Hall–Kier alpha value is -2.94. The van der Waals surface area contributed by atoms with Crippen molar-refractivity contribution in [2.24, 2.45) is 4.40 Å². The van der Waals surface area contributed by atoms with E-state index in [-0.39, 0.29) is 17.1 Å². The summed E-state index contributed by atoms with van der Waals surface area (Å²) in [6, 6.07) is 8.36. The van der Waals surface area contributed by atoms with Crippen LogP contribution in [-0.4, -0.2) is 33.9 Å². The molecular formula is C21H21FN2O5S. The van der Waals surface area contributed by atoms with Crippen molar-refractivity contribution < 1.29 is 27.1 Å². The maximum Gasteiger partial charge on any atom is 0.338 e. The van der Waals surface area contributed by atoms with Gasteiger partial charge in [-0.1, -0.05) is 6.42 Å². The van der Waals surface area contributed by atoms with Gasteiger partial charge in [0, 0.05) is 18.5 Å². The number of sulfonamides is 1. The molecule has 0 spiro atoms. The normalized spacial score (nSPS) is 17.3. The van der Waals surface area contributed by atoms with Crippen LogP contribution in [0.2, 0.25) is 0 Å². The van der Waals surface area contributed by atoms with Crippen molar-refractivity contribution in [2.75, 3.05) is 18.6 Å². The lowest BCUT2D eigenvalue weighted by Crippen LogP contribution is -2.35. The summed E-state index contributed by atoms with van der Waals surface area (Å²) in [5.41, 5.74) is 0.988. The zero-order valence-corrected chi connectivity index (χ0v) is 17.2. The van der Waals surface area contributed by atoms with Crippen LogP contribution in [0.3, 0.4) is 0 Å². The Kier molecular flexibility index (Phi) is 5.46. The van der Waals surface area contributed by atoms with Gasteiger partial charge in [-0.2, -0.15) is 8.42 Å². The highest BCUT2D eigenvalue weighted by atomic mass is 32.2. The molecule has 0 unspecified atom stereocenters. The number of hydrogen-bond donors (Lipinski definition) is 0. The largest absolute Gasteiger partial charge is 0.496 e. The molecule has 0 amide bonds. The fourth-order valence-corrected chi connectivity index (χ4v) is 4.98. The van der Waals surface area contributed by atoms with E-state index >= 15 is 0 Å². The van der Waals surface area contributed by atoms with Crippen molar-refractivity contribution in [2.45, 2.75) is 37.2 Å². The smallest absolute Gasteiger partial charge is 0.338 e. The van der Waals surface area contributed by atoms with Gasteiger partial charge in [0.2, 0.25) is 0 Å². The lowest BCUT2D eigenvalue weighted by atomic mass is 10.1. The van der Waals surface area contributed by atoms with Crippen molar-refractivity contribution in [3.8, 4) is 5.75 Å². The summed E-state index contributed by atoms with van der Waals surface area (Å²) in [5, 5.41) is 0. The molecular weight excluding hydrogens is 411 g/mol.